The van der Waals surface area contributed by atoms with E-state index in [0.29, 0.717) is 13.1 Å². The van der Waals surface area contributed by atoms with Crippen LogP contribution in [0.25, 0.3) is 0 Å². The molecule has 0 spiro atoms. The highest BCUT2D eigenvalue weighted by Gasteiger charge is 2.11. The number of pyridine rings is 1. The summed E-state index contributed by atoms with van der Waals surface area (Å²) in [6.45, 7) is 2.83. The number of aryl methyl sites for hydroxylation is 1. The van der Waals surface area contributed by atoms with Crippen LogP contribution in [0.1, 0.15) is 34.1 Å². The third kappa shape index (κ3) is 4.66. The topological polar surface area (TPSA) is 71.1 Å². The maximum atomic E-state index is 12.0. The normalized spacial score (nSPS) is 10.2. The fourth-order valence-electron chi connectivity index (χ4n) is 1.97. The number of nitrogens with zero attached hydrogens (tertiary/aromatic N) is 1. The van der Waals surface area contributed by atoms with Gasteiger partial charge in [0, 0.05) is 31.9 Å². The van der Waals surface area contributed by atoms with Crippen molar-refractivity contribution < 1.29 is 9.59 Å². The zero-order valence-electron chi connectivity index (χ0n) is 12.5. The van der Waals surface area contributed by atoms with E-state index >= 15 is 0 Å². The second kappa shape index (κ2) is 8.29. The molecular weight excluding hydrogens is 298 g/mol. The van der Waals surface area contributed by atoms with Gasteiger partial charge >= 0.3 is 0 Å². The summed E-state index contributed by atoms with van der Waals surface area (Å²) in [6, 6.07) is 5.66. The van der Waals surface area contributed by atoms with E-state index in [0.717, 1.165) is 22.4 Å². The van der Waals surface area contributed by atoms with E-state index in [1.807, 2.05) is 30.5 Å². The average Bonchev–Trinajstić information content (AvgIpc) is 3.02. The molecule has 0 aliphatic carbocycles. The third-order valence-corrected chi connectivity index (χ3v) is 4.17. The van der Waals surface area contributed by atoms with Gasteiger partial charge in [0.2, 0.25) is 5.91 Å². The molecule has 0 atom stereocenters. The van der Waals surface area contributed by atoms with Crippen LogP contribution in [0.3, 0.4) is 0 Å². The first kappa shape index (κ1) is 16.2. The van der Waals surface area contributed by atoms with Crippen LogP contribution in [0, 0.1) is 0 Å². The first-order chi connectivity index (χ1) is 10.7. The Morgan fingerprint density at radius 1 is 1.18 bits per heavy atom. The summed E-state index contributed by atoms with van der Waals surface area (Å²) in [6.07, 6.45) is 4.48. The van der Waals surface area contributed by atoms with Crippen LogP contribution >= 0.6 is 11.3 Å². The van der Waals surface area contributed by atoms with Crippen molar-refractivity contribution in [2.75, 3.05) is 6.54 Å². The number of rotatable bonds is 7. The largest absolute Gasteiger partial charge is 0.352 e. The number of amides is 2. The van der Waals surface area contributed by atoms with E-state index in [2.05, 4.69) is 15.6 Å². The summed E-state index contributed by atoms with van der Waals surface area (Å²) >= 11 is 1.43. The maximum absolute atomic E-state index is 12.0. The van der Waals surface area contributed by atoms with Gasteiger partial charge in [-0.25, -0.2) is 0 Å². The molecule has 0 fully saturated rings. The molecule has 0 saturated carbocycles. The first-order valence-electron chi connectivity index (χ1n) is 7.21. The molecule has 0 unspecified atom stereocenters. The molecule has 0 saturated heterocycles. The Balaban J connectivity index is 1.70. The summed E-state index contributed by atoms with van der Waals surface area (Å²) in [7, 11) is 0. The van der Waals surface area contributed by atoms with Gasteiger partial charge in [-0.2, -0.15) is 0 Å². The molecule has 0 aromatic carbocycles. The summed E-state index contributed by atoms with van der Waals surface area (Å²) in [5, 5.41) is 7.52. The molecule has 2 amide bonds. The number of nitrogens with one attached hydrogen (secondary N) is 2. The summed E-state index contributed by atoms with van der Waals surface area (Å²) in [5.41, 5.74) is 2.04. The second-order valence-corrected chi connectivity index (χ2v) is 5.68. The molecule has 0 radical (unpaired) electrons. The molecule has 6 heteroatoms. The predicted octanol–water partition coefficient (Wildman–Crippen LogP) is 2.14. The number of thiophene rings is 1. The number of hydrogen-bond donors (Lipinski definition) is 2. The minimum Gasteiger partial charge on any atom is -0.352 e. The molecule has 0 aliphatic heterocycles. The van der Waals surface area contributed by atoms with Crippen molar-refractivity contribution >= 4 is 23.2 Å². The van der Waals surface area contributed by atoms with E-state index in [1.54, 1.807) is 12.4 Å². The fraction of sp³-hybridized carbons (Fsp3) is 0.312. The lowest BCUT2D eigenvalue weighted by Gasteiger charge is -2.07. The minimum atomic E-state index is -0.103. The van der Waals surface area contributed by atoms with E-state index in [4.69, 9.17) is 0 Å². The predicted molar refractivity (Wildman–Crippen MR) is 86.7 cm³/mol. The highest BCUT2D eigenvalue weighted by Crippen LogP contribution is 2.16. The quantitative estimate of drug-likeness (QED) is 0.822. The Bertz CT molecular complexity index is 625. The van der Waals surface area contributed by atoms with Gasteiger partial charge in [-0.3, -0.25) is 14.6 Å². The lowest BCUT2D eigenvalue weighted by molar-refractivity contribution is -0.121. The van der Waals surface area contributed by atoms with Gasteiger partial charge in [-0.05, 0) is 41.1 Å². The first-order valence-corrected chi connectivity index (χ1v) is 8.09. The van der Waals surface area contributed by atoms with Crippen molar-refractivity contribution in [2.24, 2.45) is 0 Å². The average molecular weight is 317 g/mol. The zero-order chi connectivity index (χ0) is 15.8. The Labute approximate surface area is 133 Å². The van der Waals surface area contributed by atoms with Crippen molar-refractivity contribution in [3.8, 4) is 0 Å². The van der Waals surface area contributed by atoms with Crippen LogP contribution in [0.5, 0.6) is 0 Å². The van der Waals surface area contributed by atoms with E-state index in [9.17, 15) is 9.59 Å². The monoisotopic (exact) mass is 317 g/mol. The molecule has 0 bridgehead atoms. The van der Waals surface area contributed by atoms with Gasteiger partial charge < -0.3 is 10.6 Å². The van der Waals surface area contributed by atoms with E-state index < -0.39 is 0 Å². The molecular formula is C16H19N3O2S. The second-order valence-electron chi connectivity index (χ2n) is 4.77. The summed E-state index contributed by atoms with van der Waals surface area (Å²) in [4.78, 5) is 28.4. The SMILES string of the molecule is CCc1ccsc1C(=O)NCCC(=O)NCc1ccncc1. The van der Waals surface area contributed by atoms with Gasteiger partial charge in [-0.15, -0.1) is 11.3 Å². The Kier molecular flexibility index (Phi) is 6.09. The molecule has 2 heterocycles. The number of aromatic nitrogens is 1. The third-order valence-electron chi connectivity index (χ3n) is 3.21. The Morgan fingerprint density at radius 2 is 1.95 bits per heavy atom. The standard InChI is InChI=1S/C16H19N3O2S/c1-2-13-6-10-22-15(13)16(21)18-9-5-14(20)19-11-12-3-7-17-8-4-12/h3-4,6-8,10H,2,5,9,11H2,1H3,(H,18,21)(H,19,20). The summed E-state index contributed by atoms with van der Waals surface area (Å²) < 4.78 is 0. The van der Waals surface area contributed by atoms with Crippen molar-refractivity contribution in [1.82, 2.24) is 15.6 Å². The van der Waals surface area contributed by atoms with Crippen LogP contribution in [0.4, 0.5) is 0 Å². The van der Waals surface area contributed by atoms with Crippen molar-refractivity contribution in [3.05, 3.63) is 52.0 Å². The van der Waals surface area contributed by atoms with Crippen LogP contribution < -0.4 is 10.6 Å². The molecule has 2 aromatic rings. The van der Waals surface area contributed by atoms with Crippen molar-refractivity contribution in [2.45, 2.75) is 26.3 Å². The molecule has 22 heavy (non-hydrogen) atoms. The molecule has 116 valence electrons. The molecule has 2 N–H and O–H groups in total. The molecule has 2 rings (SSSR count). The lowest BCUT2D eigenvalue weighted by atomic mass is 10.2. The Morgan fingerprint density at radius 3 is 2.68 bits per heavy atom. The molecule has 5 nitrogen and oxygen atoms in total. The van der Waals surface area contributed by atoms with Crippen molar-refractivity contribution in [3.63, 3.8) is 0 Å². The van der Waals surface area contributed by atoms with E-state index in [1.165, 1.54) is 11.3 Å². The smallest absolute Gasteiger partial charge is 0.261 e. The maximum Gasteiger partial charge on any atom is 0.261 e. The van der Waals surface area contributed by atoms with E-state index in [-0.39, 0.29) is 18.2 Å². The van der Waals surface area contributed by atoms with Crippen LogP contribution in [0.15, 0.2) is 36.0 Å². The zero-order valence-corrected chi connectivity index (χ0v) is 13.3. The van der Waals surface area contributed by atoms with Gasteiger partial charge in [-0.1, -0.05) is 6.92 Å². The number of hydrogen-bond acceptors (Lipinski definition) is 4. The Hall–Kier alpha value is -2.21. The van der Waals surface area contributed by atoms with Gasteiger partial charge in [0.05, 0.1) is 4.88 Å². The van der Waals surface area contributed by atoms with Crippen LogP contribution in [0.2, 0.25) is 0 Å². The summed E-state index contributed by atoms with van der Waals surface area (Å²) in [5.74, 6) is -0.187. The van der Waals surface area contributed by atoms with Crippen LogP contribution in [-0.2, 0) is 17.8 Å². The van der Waals surface area contributed by atoms with Gasteiger partial charge in [0.25, 0.3) is 5.91 Å². The highest BCUT2D eigenvalue weighted by atomic mass is 32.1. The molecule has 0 aliphatic rings. The number of carbonyl (C=O) groups is 2. The lowest BCUT2D eigenvalue weighted by Crippen LogP contribution is -2.30. The fourth-order valence-corrected chi connectivity index (χ4v) is 2.88. The minimum absolute atomic E-state index is 0.0843. The highest BCUT2D eigenvalue weighted by molar-refractivity contribution is 7.12. The van der Waals surface area contributed by atoms with Gasteiger partial charge in [0.15, 0.2) is 0 Å². The number of carbonyl (C=O) groups excluding carboxylic acids is 2. The van der Waals surface area contributed by atoms with Crippen LogP contribution in [-0.4, -0.2) is 23.3 Å². The van der Waals surface area contributed by atoms with Gasteiger partial charge in [0.1, 0.15) is 0 Å². The van der Waals surface area contributed by atoms with Crippen molar-refractivity contribution in [1.29, 1.82) is 0 Å². The molecule has 2 aromatic heterocycles.